The number of likely N-dealkylation sites (tertiary alicyclic amines) is 1. The molecule has 1 radical (unpaired) electrons. The van der Waals surface area contributed by atoms with Crippen molar-refractivity contribution in [2.45, 2.75) is 65.2 Å². The second-order valence-corrected chi connectivity index (χ2v) is 14.7. The number of amides is 2. The molecule has 0 bridgehead atoms. The quantitative estimate of drug-likeness (QED) is 0.159. The minimum Gasteiger partial charge on any atom is -0.369 e. The molecule has 3 aromatic heterocycles. The molecule has 5 heterocycles. The van der Waals surface area contributed by atoms with E-state index in [0.717, 1.165) is 28.8 Å². The number of benzene rings is 2. The maximum atomic E-state index is 12.8. The predicted octanol–water partition coefficient (Wildman–Crippen LogP) is 7.39. The first-order valence-electron chi connectivity index (χ1n) is 19.3. The van der Waals surface area contributed by atoms with Crippen LogP contribution in [0.5, 0.6) is 0 Å². The maximum Gasteiger partial charge on any atom is 0.237 e. The normalized spacial score (nSPS) is 18.2. The third-order valence-electron chi connectivity index (χ3n) is 10.5. The molecular formula is C45H51N8O2. The summed E-state index contributed by atoms with van der Waals surface area (Å²) in [5.74, 6) is 3.42. The molecule has 55 heavy (non-hydrogen) atoms. The Labute approximate surface area is 324 Å². The summed E-state index contributed by atoms with van der Waals surface area (Å²) in [7, 11) is 0. The summed E-state index contributed by atoms with van der Waals surface area (Å²) in [4.78, 5) is 41.6. The number of hydrogen-bond donors (Lipinski definition) is 2. The number of aromatic amines is 1. The lowest BCUT2D eigenvalue weighted by Crippen LogP contribution is -2.44. The highest BCUT2D eigenvalue weighted by molar-refractivity contribution is 5.93. The summed E-state index contributed by atoms with van der Waals surface area (Å²) in [5.41, 5.74) is 13.8. The number of carbonyl (C=O) groups is 2. The highest BCUT2D eigenvalue weighted by Crippen LogP contribution is 2.37. The van der Waals surface area contributed by atoms with Crippen LogP contribution in [0.25, 0.3) is 39.1 Å². The monoisotopic (exact) mass is 735 g/mol. The van der Waals surface area contributed by atoms with Gasteiger partial charge in [0.25, 0.3) is 0 Å². The van der Waals surface area contributed by atoms with Crippen LogP contribution in [-0.4, -0.2) is 79.5 Å². The van der Waals surface area contributed by atoms with E-state index in [4.69, 9.17) is 12.2 Å². The van der Waals surface area contributed by atoms with E-state index < -0.39 is 11.3 Å². The number of terminal acetylenes is 1. The van der Waals surface area contributed by atoms with Crippen molar-refractivity contribution in [3.8, 4) is 35.0 Å². The summed E-state index contributed by atoms with van der Waals surface area (Å²) in [6, 6.07) is 20.6. The Morgan fingerprint density at radius 3 is 2.38 bits per heavy atom. The van der Waals surface area contributed by atoms with Gasteiger partial charge in [-0.15, -0.1) is 12.3 Å². The molecule has 3 N–H and O–H groups in total. The number of nitrogens with two attached hydrogens (primary N) is 1. The topological polar surface area (TPSA) is 134 Å². The van der Waals surface area contributed by atoms with E-state index in [1.807, 2.05) is 28.1 Å². The van der Waals surface area contributed by atoms with E-state index in [0.29, 0.717) is 44.3 Å². The number of primary amides is 1. The lowest BCUT2D eigenvalue weighted by molar-refractivity contribution is -0.132. The Balaban J connectivity index is 0.000000190. The molecule has 1 saturated carbocycles. The minimum atomic E-state index is -0.832. The number of hydrogen-bond acceptors (Lipinski definition) is 7. The van der Waals surface area contributed by atoms with Crippen molar-refractivity contribution in [2.24, 2.45) is 11.1 Å². The van der Waals surface area contributed by atoms with Gasteiger partial charge in [0.1, 0.15) is 5.69 Å². The molecule has 3 aliphatic rings. The predicted molar refractivity (Wildman–Crippen MR) is 219 cm³/mol. The van der Waals surface area contributed by atoms with Gasteiger partial charge >= 0.3 is 0 Å². The summed E-state index contributed by atoms with van der Waals surface area (Å²) >= 11 is 0. The zero-order valence-electron chi connectivity index (χ0n) is 32.2. The van der Waals surface area contributed by atoms with Crippen LogP contribution in [-0.2, 0) is 9.59 Å². The van der Waals surface area contributed by atoms with Crippen LogP contribution >= 0.6 is 0 Å². The molecular weight excluding hydrogens is 685 g/mol. The Morgan fingerprint density at radius 2 is 1.73 bits per heavy atom. The number of carbonyl (C=O) groups excluding carboxylic acids is 2. The van der Waals surface area contributed by atoms with Gasteiger partial charge in [-0.25, -0.2) is 9.97 Å². The fraction of sp³-hybridized carbons (Fsp3) is 0.356. The second kappa shape index (κ2) is 18.1. The van der Waals surface area contributed by atoms with Crippen LogP contribution in [0.15, 0.2) is 85.3 Å². The molecule has 5 aromatic rings. The highest BCUT2D eigenvalue weighted by atomic mass is 16.2. The summed E-state index contributed by atoms with van der Waals surface area (Å²) in [6.07, 6.45) is 20.9. The largest absolute Gasteiger partial charge is 0.369 e. The van der Waals surface area contributed by atoms with E-state index in [2.05, 4.69) is 100 Å². The van der Waals surface area contributed by atoms with Gasteiger partial charge in [0.2, 0.25) is 11.8 Å². The van der Waals surface area contributed by atoms with Crippen molar-refractivity contribution in [1.82, 2.24) is 34.9 Å². The fourth-order valence-corrected chi connectivity index (χ4v) is 7.20. The van der Waals surface area contributed by atoms with Gasteiger partial charge < -0.3 is 10.6 Å². The van der Waals surface area contributed by atoms with Crippen LogP contribution in [0, 0.1) is 31.1 Å². The minimum absolute atomic E-state index is 0.0536. The molecule has 2 amide bonds. The van der Waals surface area contributed by atoms with Gasteiger partial charge in [-0.05, 0) is 80.6 Å². The van der Waals surface area contributed by atoms with E-state index in [1.54, 1.807) is 18.5 Å². The number of H-pyrrole nitrogens is 1. The molecule has 1 saturated heterocycles. The number of aromatic nitrogens is 5. The molecule has 0 spiro atoms. The first-order valence-corrected chi connectivity index (χ1v) is 19.3. The third kappa shape index (κ3) is 9.35. The van der Waals surface area contributed by atoms with E-state index in [1.165, 1.54) is 59.9 Å². The molecule has 283 valence electrons. The van der Waals surface area contributed by atoms with Crippen LogP contribution < -0.4 is 5.73 Å². The van der Waals surface area contributed by atoms with Gasteiger partial charge in [0, 0.05) is 66.3 Å². The Kier molecular flexibility index (Phi) is 12.9. The standard InChI is InChI=1S/C25H26N5O2.C17H17N3.C3H8/c1-2-10-25(24(26)32)11-16-29(18-25)17-22(31)30-14-8-20(9-15-30)19-4-6-21(7-5-19)23-27-12-3-13-28-23;1-11-5-6-15-14(9-11)17(20-19-15)13-7-8-18-16(10-13)12-3-2-4-12;1-3-2/h1,3-8,10,12-13H,9,11,14-18H2,(H2,26,32);5-10,12H,2-4H2,1H3,(H,19,20);3H2,1-2H3. The van der Waals surface area contributed by atoms with Gasteiger partial charge in [-0.2, -0.15) is 5.10 Å². The lowest BCUT2D eigenvalue weighted by atomic mass is 9.82. The number of pyridine rings is 1. The Morgan fingerprint density at radius 1 is 0.982 bits per heavy atom. The first kappa shape index (κ1) is 39.0. The van der Waals surface area contributed by atoms with Gasteiger partial charge in [0.15, 0.2) is 5.82 Å². The molecule has 1 unspecified atom stereocenters. The van der Waals surface area contributed by atoms with Crippen molar-refractivity contribution in [3.05, 3.63) is 109 Å². The second-order valence-electron chi connectivity index (χ2n) is 14.7. The summed E-state index contributed by atoms with van der Waals surface area (Å²) in [5, 5.41) is 8.81. The number of fused-ring (bicyclic) bond motifs is 1. The van der Waals surface area contributed by atoms with Gasteiger partial charge in [-0.1, -0.05) is 68.7 Å². The molecule has 10 nitrogen and oxygen atoms in total. The van der Waals surface area contributed by atoms with Gasteiger partial charge in [-0.3, -0.25) is 24.6 Å². The molecule has 1 aliphatic carbocycles. The van der Waals surface area contributed by atoms with Crippen molar-refractivity contribution in [3.63, 3.8) is 0 Å². The SMILES string of the molecule is C#C[CH]C1(C(N)=O)CCN(CC(=O)N2CC=C(c3ccc(-c4ncccn4)cc3)CC2)C1.CCC.Cc1ccc2[nH]nc(-c3ccnc(C4CCC4)c3)c2c1. The summed E-state index contributed by atoms with van der Waals surface area (Å²) in [6.45, 7) is 8.89. The third-order valence-corrected chi connectivity index (χ3v) is 10.5. The molecule has 8 rings (SSSR count). The highest BCUT2D eigenvalue weighted by Gasteiger charge is 2.43. The van der Waals surface area contributed by atoms with Crippen molar-refractivity contribution in [2.75, 3.05) is 32.7 Å². The number of nitrogens with zero attached hydrogens (tertiary/aromatic N) is 6. The Bertz CT molecular complexity index is 2150. The van der Waals surface area contributed by atoms with E-state index in [9.17, 15) is 9.59 Å². The first-order chi connectivity index (χ1) is 26.7. The number of aryl methyl sites for hydroxylation is 1. The molecule has 10 heteroatoms. The smallest absolute Gasteiger partial charge is 0.237 e. The molecule has 2 aromatic carbocycles. The molecule has 2 aliphatic heterocycles. The zero-order valence-corrected chi connectivity index (χ0v) is 32.2. The van der Waals surface area contributed by atoms with Crippen LogP contribution in [0.2, 0.25) is 0 Å². The number of nitrogens with one attached hydrogen (secondary N) is 1. The fourth-order valence-electron chi connectivity index (χ4n) is 7.20. The van der Waals surface area contributed by atoms with Crippen molar-refractivity contribution >= 4 is 28.3 Å². The molecule has 1 atom stereocenters. The van der Waals surface area contributed by atoms with Crippen molar-refractivity contribution < 1.29 is 9.59 Å². The van der Waals surface area contributed by atoms with Crippen LogP contribution in [0.4, 0.5) is 0 Å². The average molecular weight is 736 g/mol. The van der Waals surface area contributed by atoms with Gasteiger partial charge in [0.05, 0.1) is 23.9 Å². The lowest BCUT2D eigenvalue weighted by Gasteiger charge is -2.29. The van der Waals surface area contributed by atoms with E-state index in [-0.39, 0.29) is 12.5 Å². The zero-order chi connectivity index (χ0) is 38.8. The van der Waals surface area contributed by atoms with E-state index >= 15 is 0 Å². The number of rotatable bonds is 8. The Hall–Kier alpha value is -5.66. The van der Waals surface area contributed by atoms with Crippen LogP contribution in [0.1, 0.15) is 75.1 Å². The molecule has 2 fully saturated rings. The van der Waals surface area contributed by atoms with Crippen molar-refractivity contribution in [1.29, 1.82) is 0 Å². The maximum absolute atomic E-state index is 12.8. The average Bonchev–Trinajstić information content (AvgIpc) is 3.80. The van der Waals surface area contributed by atoms with Crippen LogP contribution in [0.3, 0.4) is 0 Å². The summed E-state index contributed by atoms with van der Waals surface area (Å²) < 4.78 is 0.